The highest BCUT2D eigenvalue weighted by Crippen LogP contribution is 2.30. The second kappa shape index (κ2) is 4.40. The molecule has 1 aliphatic carbocycles. The minimum absolute atomic E-state index is 0.0647. The van der Waals surface area contributed by atoms with Crippen molar-refractivity contribution in [2.75, 3.05) is 5.32 Å². The number of carbonyl (C=O) groups is 1. The lowest BCUT2D eigenvalue weighted by atomic mass is 9.86. The molecule has 1 heterocycles. The number of benzene rings is 1. The van der Waals surface area contributed by atoms with Gasteiger partial charge in [-0.1, -0.05) is 31.4 Å². The van der Waals surface area contributed by atoms with Crippen molar-refractivity contribution < 1.29 is 4.79 Å². The Labute approximate surface area is 102 Å². The zero-order valence-corrected chi connectivity index (χ0v) is 9.91. The summed E-state index contributed by atoms with van der Waals surface area (Å²) in [6, 6.07) is 7.74. The largest absolute Gasteiger partial charge is 0.364 e. The van der Waals surface area contributed by atoms with Crippen LogP contribution in [0.2, 0.25) is 0 Å². The van der Waals surface area contributed by atoms with E-state index in [9.17, 15) is 4.79 Å². The van der Waals surface area contributed by atoms with Crippen LogP contribution in [0.15, 0.2) is 24.3 Å². The lowest BCUT2D eigenvalue weighted by Gasteiger charge is -2.35. The van der Waals surface area contributed by atoms with Crippen LogP contribution in [0.4, 0.5) is 5.69 Å². The van der Waals surface area contributed by atoms with Crippen molar-refractivity contribution in [1.29, 1.82) is 0 Å². The summed E-state index contributed by atoms with van der Waals surface area (Å²) in [6.07, 6.45) is 6.49. The van der Waals surface area contributed by atoms with E-state index < -0.39 is 0 Å². The molecule has 3 heteroatoms. The number of rotatable bonds is 1. The molecule has 17 heavy (non-hydrogen) atoms. The highest BCUT2D eigenvalue weighted by Gasteiger charge is 2.29. The minimum atomic E-state index is 0.0647. The van der Waals surface area contributed by atoms with Gasteiger partial charge in [0.15, 0.2) is 0 Å². The zero-order chi connectivity index (χ0) is 11.7. The first-order chi connectivity index (χ1) is 8.34. The Morgan fingerprint density at radius 2 is 1.76 bits per heavy atom. The third kappa shape index (κ3) is 2.02. The van der Waals surface area contributed by atoms with Gasteiger partial charge in [-0.05, 0) is 30.9 Å². The van der Waals surface area contributed by atoms with Crippen LogP contribution in [0.1, 0.15) is 42.5 Å². The van der Waals surface area contributed by atoms with E-state index in [-0.39, 0.29) is 12.1 Å². The molecule has 0 spiro atoms. The molecule has 0 bridgehead atoms. The summed E-state index contributed by atoms with van der Waals surface area (Å²) in [5, 5.41) is 6.56. The number of para-hydroxylation sites is 1. The van der Waals surface area contributed by atoms with Crippen molar-refractivity contribution in [1.82, 2.24) is 5.32 Å². The maximum absolute atomic E-state index is 12.0. The lowest BCUT2D eigenvalue weighted by Crippen LogP contribution is -2.49. The van der Waals surface area contributed by atoms with Crippen molar-refractivity contribution in [2.24, 2.45) is 5.92 Å². The molecule has 2 N–H and O–H groups in total. The summed E-state index contributed by atoms with van der Waals surface area (Å²) in [5.74, 6) is 0.649. The first kappa shape index (κ1) is 10.6. The molecule has 1 fully saturated rings. The topological polar surface area (TPSA) is 41.1 Å². The molecule has 1 saturated carbocycles. The Hall–Kier alpha value is -1.51. The zero-order valence-electron chi connectivity index (χ0n) is 9.91. The van der Waals surface area contributed by atoms with Crippen molar-refractivity contribution in [3.8, 4) is 0 Å². The monoisotopic (exact) mass is 230 g/mol. The summed E-state index contributed by atoms with van der Waals surface area (Å²) in [4.78, 5) is 12.0. The summed E-state index contributed by atoms with van der Waals surface area (Å²) in [5.41, 5.74) is 1.74. The van der Waals surface area contributed by atoms with E-state index in [2.05, 4.69) is 10.6 Å². The maximum Gasteiger partial charge on any atom is 0.254 e. The number of fused-ring (bicyclic) bond motifs is 1. The predicted molar refractivity (Wildman–Crippen MR) is 67.9 cm³/mol. The molecule has 0 radical (unpaired) electrons. The van der Waals surface area contributed by atoms with Crippen molar-refractivity contribution in [3.05, 3.63) is 29.8 Å². The Balaban J connectivity index is 1.80. The van der Waals surface area contributed by atoms with Crippen LogP contribution in [0.5, 0.6) is 0 Å². The Morgan fingerprint density at radius 1 is 1.00 bits per heavy atom. The fourth-order valence-corrected chi connectivity index (χ4v) is 2.93. The molecule has 1 aromatic carbocycles. The van der Waals surface area contributed by atoms with Gasteiger partial charge in [-0.25, -0.2) is 0 Å². The van der Waals surface area contributed by atoms with Crippen molar-refractivity contribution >= 4 is 11.6 Å². The molecule has 1 unspecified atom stereocenters. The van der Waals surface area contributed by atoms with E-state index in [1.54, 1.807) is 0 Å². The average Bonchev–Trinajstić information content (AvgIpc) is 2.40. The van der Waals surface area contributed by atoms with Gasteiger partial charge < -0.3 is 10.6 Å². The first-order valence-corrected chi connectivity index (χ1v) is 6.51. The van der Waals surface area contributed by atoms with Gasteiger partial charge in [-0.3, -0.25) is 4.79 Å². The number of carbonyl (C=O) groups excluding carboxylic acids is 1. The van der Waals surface area contributed by atoms with Gasteiger partial charge in [-0.2, -0.15) is 0 Å². The summed E-state index contributed by atoms with van der Waals surface area (Å²) in [6.45, 7) is 0. The van der Waals surface area contributed by atoms with E-state index in [4.69, 9.17) is 0 Å². The second-order valence-electron chi connectivity index (χ2n) is 5.04. The fraction of sp³-hybridized carbons (Fsp3) is 0.500. The van der Waals surface area contributed by atoms with Crippen LogP contribution in [0.3, 0.4) is 0 Å². The average molecular weight is 230 g/mol. The van der Waals surface area contributed by atoms with Crippen LogP contribution in [-0.2, 0) is 0 Å². The number of hydrogen-bond acceptors (Lipinski definition) is 2. The molecule has 1 aromatic rings. The number of nitrogens with one attached hydrogen (secondary N) is 2. The molecule has 2 aliphatic rings. The quantitative estimate of drug-likeness (QED) is 0.779. The summed E-state index contributed by atoms with van der Waals surface area (Å²) < 4.78 is 0. The van der Waals surface area contributed by atoms with Crippen molar-refractivity contribution in [2.45, 2.75) is 38.3 Å². The van der Waals surface area contributed by atoms with E-state index in [1.165, 1.54) is 32.1 Å². The third-order valence-corrected chi connectivity index (χ3v) is 3.89. The van der Waals surface area contributed by atoms with E-state index in [0.717, 1.165) is 11.3 Å². The predicted octanol–water partition coefficient (Wildman–Crippen LogP) is 2.75. The molecule has 1 amide bonds. The molecule has 1 atom stereocenters. The highest BCUT2D eigenvalue weighted by atomic mass is 16.2. The van der Waals surface area contributed by atoms with Crippen LogP contribution in [0, 0.1) is 5.92 Å². The molecule has 90 valence electrons. The van der Waals surface area contributed by atoms with Gasteiger partial charge in [0.1, 0.15) is 6.17 Å². The van der Waals surface area contributed by atoms with Gasteiger partial charge in [-0.15, -0.1) is 0 Å². The lowest BCUT2D eigenvalue weighted by molar-refractivity contribution is 0.0914. The van der Waals surface area contributed by atoms with E-state index >= 15 is 0 Å². The number of anilines is 1. The van der Waals surface area contributed by atoms with Crippen molar-refractivity contribution in [3.63, 3.8) is 0 Å². The van der Waals surface area contributed by atoms with Gasteiger partial charge in [0.2, 0.25) is 0 Å². The Morgan fingerprint density at radius 3 is 2.59 bits per heavy atom. The highest BCUT2D eigenvalue weighted by molar-refractivity contribution is 6.01. The fourth-order valence-electron chi connectivity index (χ4n) is 2.93. The standard InChI is InChI=1S/C14H18N2O/c17-14-11-8-4-5-9-12(11)15-13(16-14)10-6-2-1-3-7-10/h4-5,8-10,13,15H,1-3,6-7H2,(H,16,17). The normalized spacial score (nSPS) is 24.7. The van der Waals surface area contributed by atoms with Crippen LogP contribution < -0.4 is 10.6 Å². The van der Waals surface area contributed by atoms with Crippen LogP contribution in [0.25, 0.3) is 0 Å². The van der Waals surface area contributed by atoms with E-state index in [1.807, 2.05) is 24.3 Å². The van der Waals surface area contributed by atoms with Gasteiger partial charge in [0, 0.05) is 5.69 Å². The second-order valence-corrected chi connectivity index (χ2v) is 5.04. The smallest absolute Gasteiger partial charge is 0.254 e. The minimum Gasteiger partial charge on any atom is -0.364 e. The maximum atomic E-state index is 12.0. The first-order valence-electron chi connectivity index (χ1n) is 6.51. The number of amides is 1. The molecular weight excluding hydrogens is 212 g/mol. The van der Waals surface area contributed by atoms with Gasteiger partial charge in [0.25, 0.3) is 5.91 Å². The van der Waals surface area contributed by atoms with Gasteiger partial charge in [0.05, 0.1) is 5.56 Å². The van der Waals surface area contributed by atoms with E-state index in [0.29, 0.717) is 5.92 Å². The van der Waals surface area contributed by atoms with Crippen LogP contribution in [-0.4, -0.2) is 12.1 Å². The number of hydrogen-bond donors (Lipinski definition) is 2. The van der Waals surface area contributed by atoms with Crippen LogP contribution >= 0.6 is 0 Å². The molecule has 3 nitrogen and oxygen atoms in total. The summed E-state index contributed by atoms with van der Waals surface area (Å²) in [7, 11) is 0. The molecule has 0 aromatic heterocycles. The SMILES string of the molecule is O=C1NC(C2CCCCC2)Nc2ccccc21. The molecule has 1 aliphatic heterocycles. The summed E-state index contributed by atoms with van der Waals surface area (Å²) >= 11 is 0. The Kier molecular flexibility index (Phi) is 2.75. The third-order valence-electron chi connectivity index (χ3n) is 3.89. The molecule has 3 rings (SSSR count). The van der Waals surface area contributed by atoms with Gasteiger partial charge >= 0.3 is 0 Å². The molecular formula is C14H18N2O. The Bertz CT molecular complexity index is 424. The molecule has 0 saturated heterocycles.